The minimum absolute atomic E-state index is 0.00285. The second-order valence-electron chi connectivity index (χ2n) is 20.4. The van der Waals surface area contributed by atoms with Gasteiger partial charge in [-0.3, -0.25) is 14.4 Å². The number of ether oxygens (including phenoxy) is 6. The number of esters is 4. The number of fused-ring (bicyclic) bond motifs is 11. The average molecular weight is 1210 g/mol. The molecule has 1 unspecified atom stereocenters. The number of aliphatic hydroxyl groups is 1. The van der Waals surface area contributed by atoms with Crippen LogP contribution < -0.4 is 9.47 Å². The molecule has 6 aromatic carbocycles. The lowest BCUT2D eigenvalue weighted by Gasteiger charge is -2.33. The third-order valence-electron chi connectivity index (χ3n) is 15.1. The number of hydrogen-bond acceptors (Lipinski definition) is 18. The highest BCUT2D eigenvalue weighted by Crippen LogP contribution is 2.64. The molecule has 0 saturated carbocycles. The molecule has 1 N–H and O–H groups in total. The Kier molecular flexibility index (Phi) is 13.7. The molecular weight excluding hydrogens is 1170 g/mol. The van der Waals surface area contributed by atoms with Crippen LogP contribution in [-0.4, -0.2) is 46.3 Å². The second kappa shape index (κ2) is 21.7. The van der Waals surface area contributed by atoms with Crippen LogP contribution in [-0.2, 0) is 75.8 Å². The Morgan fingerprint density at radius 3 is 1.16 bits per heavy atom. The van der Waals surface area contributed by atoms with E-state index in [0.717, 1.165) is 45.3 Å². The Morgan fingerprint density at radius 2 is 0.779 bits per heavy atom. The zero-order valence-electron chi connectivity index (χ0n) is 44.8. The lowest BCUT2D eigenvalue weighted by atomic mass is 9.88. The van der Waals surface area contributed by atoms with Gasteiger partial charge in [-0.05, 0) is 52.1 Å². The summed E-state index contributed by atoms with van der Waals surface area (Å²) in [5.41, 5.74) is -2.04. The zero-order valence-corrected chi connectivity index (χ0v) is 48.0. The molecule has 0 bridgehead atoms. The molecule has 10 aromatic rings. The molecule has 14 rings (SSSR count). The Hall–Kier alpha value is -9.69. The van der Waals surface area contributed by atoms with Gasteiger partial charge in [-0.2, -0.15) is 0 Å². The van der Waals surface area contributed by atoms with Crippen molar-refractivity contribution in [2.75, 3.05) is 0 Å². The van der Waals surface area contributed by atoms with Gasteiger partial charge in [0.2, 0.25) is 0 Å². The number of carbonyl (C=O) groups excluding carboxylic acids is 7. The number of hydrogen-bond donors (Lipinski definition) is 1. The first kappa shape index (κ1) is 54.3. The molecule has 18 heteroatoms. The smallest absolute Gasteiger partial charge is 0.367 e. The molecule has 6 heterocycles. The van der Waals surface area contributed by atoms with Gasteiger partial charge in [0.15, 0.2) is 17.3 Å². The van der Waals surface area contributed by atoms with Crippen molar-refractivity contribution in [3.05, 3.63) is 259 Å². The number of carbonyl (C=O) groups is 7. The van der Waals surface area contributed by atoms with Crippen molar-refractivity contribution >= 4 is 108 Å². The van der Waals surface area contributed by atoms with Crippen molar-refractivity contribution < 1.29 is 67.1 Å². The van der Waals surface area contributed by atoms with Gasteiger partial charge in [0.1, 0.15) is 44.0 Å². The SMILES string of the molecule is O=C1C(=Cc2cc3c(s2)-c2sc4c5c(sc4c2C(C(=O)OCc2ccccc2)(C(=O)OCc2ccccc2)O3)-c2sc(/C=C3/C(=O)c4ccccc4C3O)cc2OC5(C(=O)OCc2ccccc2)C(=O)OCc2ccccc2)C(=O)c2ccccc21. The molecule has 422 valence electrons. The van der Waals surface area contributed by atoms with E-state index < -0.39 is 52.7 Å². The van der Waals surface area contributed by atoms with Crippen molar-refractivity contribution in [3.8, 4) is 31.0 Å². The molecule has 14 nitrogen and oxygen atoms in total. The summed E-state index contributed by atoms with van der Waals surface area (Å²) in [5.74, 6) is -6.00. The van der Waals surface area contributed by atoms with Crippen LogP contribution in [0.25, 0.3) is 41.1 Å². The molecule has 0 spiro atoms. The highest BCUT2D eigenvalue weighted by molar-refractivity contribution is 7.34. The van der Waals surface area contributed by atoms with E-state index in [2.05, 4.69) is 0 Å². The lowest BCUT2D eigenvalue weighted by Crippen LogP contribution is -2.52. The predicted molar refractivity (Wildman–Crippen MR) is 323 cm³/mol. The van der Waals surface area contributed by atoms with Crippen LogP contribution in [0, 0.1) is 0 Å². The maximum absolute atomic E-state index is 15.7. The van der Waals surface area contributed by atoms with Crippen molar-refractivity contribution in [1.82, 2.24) is 0 Å². The monoisotopic (exact) mass is 1210 g/mol. The summed E-state index contributed by atoms with van der Waals surface area (Å²) in [6.07, 6.45) is 1.73. The van der Waals surface area contributed by atoms with E-state index in [9.17, 15) is 19.5 Å². The van der Waals surface area contributed by atoms with Gasteiger partial charge in [0, 0.05) is 32.0 Å². The Balaban J connectivity index is 1.01. The van der Waals surface area contributed by atoms with Crippen LogP contribution in [0.4, 0.5) is 0 Å². The van der Waals surface area contributed by atoms with Crippen LogP contribution >= 0.6 is 45.3 Å². The summed E-state index contributed by atoms with van der Waals surface area (Å²) < 4.78 is 38.9. The summed E-state index contributed by atoms with van der Waals surface area (Å²) in [4.78, 5) is 107. The standard InChI is InChI=1S/C68H42O14S4/c69-53-43-25-13-14-26-44(43)54(70)47(53)29-41-31-49-57(83-41)59-51(67(81-49,63(73)77-33-37-17-5-1-6-18-37)64(74)78-34-38-19-7-2-8-20-38)61-62(85-59)52-60(86-61)58-50(32-42(84-58)30-48-55(71)45-27-15-16-28-46(45)56(48)72)82-68(52,65(75)79-35-39-21-9-3-10-22-39)66(76)80-36-40-23-11-4-12-24-40/h1-32,53,69H,33-36H2/b47-29+. The third-order valence-corrected chi connectivity index (χ3v) is 20.1. The van der Waals surface area contributed by atoms with Crippen molar-refractivity contribution in [3.63, 3.8) is 0 Å². The minimum Gasteiger partial charge on any atom is -0.458 e. The molecule has 0 fully saturated rings. The van der Waals surface area contributed by atoms with Crippen LogP contribution in [0.1, 0.15) is 85.9 Å². The zero-order chi connectivity index (χ0) is 58.8. The van der Waals surface area contributed by atoms with E-state index >= 15 is 19.2 Å². The van der Waals surface area contributed by atoms with Crippen molar-refractivity contribution in [2.24, 2.45) is 0 Å². The van der Waals surface area contributed by atoms with Gasteiger partial charge in [0.25, 0.3) is 0 Å². The van der Waals surface area contributed by atoms with E-state index in [1.165, 1.54) is 12.1 Å². The van der Waals surface area contributed by atoms with Gasteiger partial charge >= 0.3 is 35.1 Å². The number of thiophene rings is 4. The normalized spacial score (nSPS) is 16.0. The fourth-order valence-corrected chi connectivity index (χ4v) is 16.4. The Bertz CT molecular complexity index is 4380. The van der Waals surface area contributed by atoms with Crippen molar-refractivity contribution in [2.45, 2.75) is 43.7 Å². The van der Waals surface area contributed by atoms with Gasteiger partial charge in [-0.25, -0.2) is 19.2 Å². The first-order valence-corrected chi connectivity index (χ1v) is 30.2. The number of Topliss-reactive ketones (excluding diaryl/α,β-unsaturated/α-hetero) is 3. The van der Waals surface area contributed by atoms with Crippen LogP contribution in [0.15, 0.2) is 193 Å². The second-order valence-corrected chi connectivity index (χ2v) is 24.7. The van der Waals surface area contributed by atoms with Gasteiger partial charge < -0.3 is 33.5 Å². The summed E-state index contributed by atoms with van der Waals surface area (Å²) in [6, 6.07) is 51.7. The number of benzene rings is 6. The first-order valence-electron chi connectivity index (χ1n) is 27.0. The summed E-state index contributed by atoms with van der Waals surface area (Å²) in [5, 5.41) is 11.5. The fraction of sp³-hybridized carbons (Fsp3) is 0.103. The molecule has 4 aromatic heterocycles. The van der Waals surface area contributed by atoms with Gasteiger partial charge in [-0.15, -0.1) is 45.3 Å². The molecule has 2 aliphatic heterocycles. The number of rotatable bonds is 14. The van der Waals surface area contributed by atoms with E-state index in [-0.39, 0.29) is 96.3 Å². The summed E-state index contributed by atoms with van der Waals surface area (Å²) in [7, 11) is 0. The largest absolute Gasteiger partial charge is 0.458 e. The number of aliphatic hydroxyl groups excluding tert-OH is 1. The van der Waals surface area contributed by atoms with Crippen molar-refractivity contribution in [1.29, 1.82) is 0 Å². The molecule has 0 amide bonds. The van der Waals surface area contributed by atoms with Crippen LogP contribution in [0.2, 0.25) is 0 Å². The molecule has 0 saturated heterocycles. The third kappa shape index (κ3) is 9.03. The van der Waals surface area contributed by atoms with Gasteiger partial charge in [-0.1, -0.05) is 170 Å². The first-order chi connectivity index (χ1) is 41.9. The Morgan fingerprint density at radius 1 is 0.430 bits per heavy atom. The average Bonchev–Trinajstić information content (AvgIpc) is 1.53. The quantitative estimate of drug-likeness (QED) is 0.0355. The maximum atomic E-state index is 15.7. The van der Waals surface area contributed by atoms with E-state index in [4.69, 9.17) is 28.4 Å². The fourth-order valence-electron chi connectivity index (χ4n) is 11.0. The van der Waals surface area contributed by atoms with Gasteiger partial charge in [0.05, 0.1) is 45.6 Å². The molecule has 0 radical (unpaired) electrons. The van der Waals surface area contributed by atoms with E-state index in [0.29, 0.717) is 52.9 Å². The molecule has 2 aliphatic carbocycles. The molecule has 1 atom stereocenters. The molecule has 4 aliphatic rings. The number of allylic oxidation sites excluding steroid dienone is 1. The summed E-state index contributed by atoms with van der Waals surface area (Å²) >= 11 is 4.33. The lowest BCUT2D eigenvalue weighted by molar-refractivity contribution is -0.184. The summed E-state index contributed by atoms with van der Waals surface area (Å²) in [6.45, 7) is -1.23. The van der Waals surface area contributed by atoms with Crippen LogP contribution in [0.5, 0.6) is 11.5 Å². The highest BCUT2D eigenvalue weighted by atomic mass is 32.1. The van der Waals surface area contributed by atoms with Crippen LogP contribution in [0.3, 0.4) is 0 Å². The maximum Gasteiger partial charge on any atom is 0.367 e. The topological polar surface area (TPSA) is 195 Å². The van der Waals surface area contributed by atoms with E-state index in [1.807, 2.05) is 0 Å². The minimum atomic E-state index is -2.79. The molecule has 86 heavy (non-hydrogen) atoms. The molecular formula is C68H42O14S4. The van der Waals surface area contributed by atoms with E-state index in [1.54, 1.807) is 182 Å². The Labute approximate surface area is 505 Å². The number of ketones is 3. The predicted octanol–water partition coefficient (Wildman–Crippen LogP) is 13.3. The highest BCUT2D eigenvalue weighted by Gasteiger charge is 2.64.